The summed E-state index contributed by atoms with van der Waals surface area (Å²) >= 11 is 12.3. The number of amides is 1. The number of hydrogen-bond acceptors (Lipinski definition) is 6. The van der Waals surface area contributed by atoms with Gasteiger partial charge < -0.3 is 26.6 Å². The second-order valence-electron chi connectivity index (χ2n) is 11.1. The van der Waals surface area contributed by atoms with Crippen molar-refractivity contribution in [1.82, 2.24) is 4.90 Å². The third-order valence-corrected chi connectivity index (χ3v) is 8.58. The Balaban J connectivity index is 0.00000259. The molecular formula is C33H41Cl2FN6O2. The van der Waals surface area contributed by atoms with Crippen molar-refractivity contribution in [2.75, 3.05) is 36.9 Å². The molecule has 1 amide bonds. The topological polar surface area (TPSA) is 117 Å². The van der Waals surface area contributed by atoms with E-state index in [1.54, 1.807) is 12.1 Å². The predicted molar refractivity (Wildman–Crippen MR) is 179 cm³/mol. The third-order valence-electron chi connectivity index (χ3n) is 8.22. The average molecular weight is 644 g/mol. The van der Waals surface area contributed by atoms with Crippen LogP contribution in [0.2, 0.25) is 5.02 Å². The van der Waals surface area contributed by atoms with E-state index in [1.807, 2.05) is 62.9 Å². The Morgan fingerprint density at radius 2 is 1.91 bits per heavy atom. The molecule has 2 aliphatic rings. The third kappa shape index (κ3) is 7.52. The van der Waals surface area contributed by atoms with Crippen molar-refractivity contribution in [2.24, 2.45) is 34.4 Å². The molecular weight excluding hydrogens is 602 g/mol. The van der Waals surface area contributed by atoms with Crippen LogP contribution in [0.4, 0.5) is 15.8 Å². The Morgan fingerprint density at radius 1 is 1.25 bits per heavy atom. The van der Waals surface area contributed by atoms with Crippen molar-refractivity contribution in [3.63, 3.8) is 0 Å². The van der Waals surface area contributed by atoms with Crippen LogP contribution in [0.3, 0.4) is 0 Å². The minimum absolute atomic E-state index is 0.240. The molecule has 1 fully saturated rings. The molecule has 1 heterocycles. The fourth-order valence-corrected chi connectivity index (χ4v) is 6.31. The number of nitrogens with zero attached hydrogens (tertiary/aromatic N) is 3. The van der Waals surface area contributed by atoms with Gasteiger partial charge in [-0.25, -0.2) is 4.39 Å². The van der Waals surface area contributed by atoms with Gasteiger partial charge in [0, 0.05) is 58.1 Å². The maximum atomic E-state index is 16.7. The quantitative estimate of drug-likeness (QED) is 0.0791. The summed E-state index contributed by atoms with van der Waals surface area (Å²) in [5.41, 5.74) is 7.54. The SMILES string of the molecule is C=C(Cl)/C=C\C=C(/F)C([C@@H](C)CN(CC)c1ccc(/C(N)=N/N)cc1)[C@@]1(N(C)CC2CC2)C(=O)Nc2cc(Cl)ccc21.C=O. The van der Waals surface area contributed by atoms with Crippen molar-refractivity contribution >= 4 is 53.1 Å². The molecule has 0 saturated heterocycles. The van der Waals surface area contributed by atoms with Crippen molar-refractivity contribution < 1.29 is 14.0 Å². The zero-order valence-electron chi connectivity index (χ0n) is 25.4. The summed E-state index contributed by atoms with van der Waals surface area (Å²) in [6, 6.07) is 12.9. The van der Waals surface area contributed by atoms with E-state index in [0.29, 0.717) is 41.8 Å². The molecule has 2 aromatic rings. The van der Waals surface area contributed by atoms with Crippen LogP contribution in [0.25, 0.3) is 0 Å². The van der Waals surface area contributed by atoms with Gasteiger partial charge in [0.1, 0.15) is 24.0 Å². The summed E-state index contributed by atoms with van der Waals surface area (Å²) < 4.78 is 16.7. The number of likely N-dealkylation sites (N-methyl/N-ethyl adjacent to an activating group) is 1. The van der Waals surface area contributed by atoms with Crippen molar-refractivity contribution in [2.45, 2.75) is 32.2 Å². The van der Waals surface area contributed by atoms with Crippen LogP contribution < -0.4 is 21.8 Å². The van der Waals surface area contributed by atoms with Crippen LogP contribution in [0, 0.1) is 17.8 Å². The monoisotopic (exact) mass is 642 g/mol. The molecule has 4 rings (SSSR count). The molecule has 1 aliphatic carbocycles. The van der Waals surface area contributed by atoms with Gasteiger partial charge in [-0.05, 0) is 87.2 Å². The number of carbonyl (C=O) groups is 2. The number of fused-ring (bicyclic) bond motifs is 1. The molecule has 236 valence electrons. The first-order valence-electron chi connectivity index (χ1n) is 14.4. The standard InChI is InChI=1S/C32H39Cl2FN6O.CH2O/c1-5-41(25-14-11-23(12-15-25)30(36)39-37)18-20(2)29(27(35)8-6-7-21(3)33)32(40(4)19-22-9-10-22)26-16-13-24(34)17-28(26)38-31(32)42;1-2/h6-8,11-17,20,22,29H,3,5,9-10,18-19,37H2,1-2,4H3,(H2,36,39)(H,38,42);1H2/b7-6-,27-8-;/t20-,29?,32+;/m0./s1. The number of anilines is 2. The molecule has 1 aliphatic heterocycles. The number of benzene rings is 2. The highest BCUT2D eigenvalue weighted by Gasteiger charge is 2.58. The summed E-state index contributed by atoms with van der Waals surface area (Å²) in [7, 11) is 1.92. The molecule has 5 N–H and O–H groups in total. The molecule has 0 aromatic heterocycles. The second-order valence-corrected chi connectivity index (χ2v) is 12.1. The first kappa shape index (κ1) is 34.8. The molecule has 0 spiro atoms. The minimum atomic E-state index is -1.30. The number of nitrogens with two attached hydrogens (primary N) is 2. The maximum Gasteiger partial charge on any atom is 0.250 e. The number of hydrazone groups is 1. The van der Waals surface area contributed by atoms with E-state index < -0.39 is 17.3 Å². The van der Waals surface area contributed by atoms with E-state index in [9.17, 15) is 4.79 Å². The summed E-state index contributed by atoms with van der Waals surface area (Å²) in [4.78, 5) is 26.4. The Kier molecular flexibility index (Phi) is 12.2. The van der Waals surface area contributed by atoms with Crippen LogP contribution in [-0.2, 0) is 15.1 Å². The van der Waals surface area contributed by atoms with Crippen molar-refractivity contribution in [3.8, 4) is 0 Å². The fraction of sp³-hybridized carbons (Fsp3) is 0.364. The van der Waals surface area contributed by atoms with Gasteiger partial charge >= 0.3 is 0 Å². The number of halogens is 3. The zero-order valence-corrected chi connectivity index (χ0v) is 26.9. The normalized spacial score (nSPS) is 19.7. The molecule has 1 unspecified atom stereocenters. The second kappa shape index (κ2) is 15.4. The van der Waals surface area contributed by atoms with Gasteiger partial charge in [-0.2, -0.15) is 5.10 Å². The van der Waals surface area contributed by atoms with Gasteiger partial charge in [0.15, 0.2) is 0 Å². The lowest BCUT2D eigenvalue weighted by Crippen LogP contribution is -2.57. The highest BCUT2D eigenvalue weighted by atomic mass is 35.5. The lowest BCUT2D eigenvalue weighted by Gasteiger charge is -2.46. The molecule has 2 aromatic carbocycles. The molecule has 0 radical (unpaired) electrons. The lowest BCUT2D eigenvalue weighted by molar-refractivity contribution is -0.132. The highest BCUT2D eigenvalue weighted by molar-refractivity contribution is 6.31. The largest absolute Gasteiger partial charge is 0.382 e. The van der Waals surface area contributed by atoms with E-state index >= 15 is 4.39 Å². The Morgan fingerprint density at radius 3 is 2.48 bits per heavy atom. The van der Waals surface area contributed by atoms with Gasteiger partial charge in [-0.3, -0.25) is 9.69 Å². The first-order valence-corrected chi connectivity index (χ1v) is 15.2. The van der Waals surface area contributed by atoms with Crippen LogP contribution in [0.1, 0.15) is 37.8 Å². The highest BCUT2D eigenvalue weighted by Crippen LogP contribution is 2.52. The Hall–Kier alpha value is -3.66. The first-order chi connectivity index (χ1) is 21.0. The molecule has 11 heteroatoms. The number of amidine groups is 1. The molecule has 44 heavy (non-hydrogen) atoms. The Labute approximate surface area is 269 Å². The van der Waals surface area contributed by atoms with Crippen LogP contribution in [0.5, 0.6) is 0 Å². The van der Waals surface area contributed by atoms with Crippen LogP contribution in [0.15, 0.2) is 83.2 Å². The summed E-state index contributed by atoms with van der Waals surface area (Å²) in [5, 5.41) is 7.38. The van der Waals surface area contributed by atoms with E-state index in [2.05, 4.69) is 21.9 Å². The summed E-state index contributed by atoms with van der Waals surface area (Å²) in [5.74, 6) is 4.20. The maximum absolute atomic E-state index is 16.7. The van der Waals surface area contributed by atoms with Gasteiger partial charge in [0.05, 0.1) is 0 Å². The van der Waals surface area contributed by atoms with Gasteiger partial charge in [0.2, 0.25) is 5.91 Å². The predicted octanol–water partition coefficient (Wildman–Crippen LogP) is 6.16. The van der Waals surface area contributed by atoms with E-state index in [-0.39, 0.29) is 22.7 Å². The number of nitrogens with one attached hydrogen (secondary N) is 1. The molecule has 3 atom stereocenters. The van der Waals surface area contributed by atoms with Crippen LogP contribution >= 0.6 is 23.2 Å². The number of allylic oxidation sites excluding steroid dienone is 4. The summed E-state index contributed by atoms with van der Waals surface area (Å²) in [6.45, 7) is 11.5. The molecule has 0 bridgehead atoms. The van der Waals surface area contributed by atoms with Gasteiger partial charge in [-0.15, -0.1) is 0 Å². The molecule has 1 saturated carbocycles. The number of carbonyl (C=O) groups excluding carboxylic acids is 2. The van der Waals surface area contributed by atoms with Crippen LogP contribution in [-0.4, -0.2) is 50.1 Å². The number of rotatable bonds is 13. The average Bonchev–Trinajstić information content (AvgIpc) is 3.78. The van der Waals surface area contributed by atoms with Gasteiger partial charge in [0.25, 0.3) is 0 Å². The van der Waals surface area contributed by atoms with E-state index in [4.69, 9.17) is 39.6 Å². The lowest BCUT2D eigenvalue weighted by atomic mass is 9.70. The van der Waals surface area contributed by atoms with Crippen molar-refractivity contribution in [3.05, 3.63) is 94.3 Å². The number of hydrogen-bond donors (Lipinski definition) is 3. The van der Waals surface area contributed by atoms with Gasteiger partial charge in [-0.1, -0.05) is 48.8 Å². The Bertz CT molecular complexity index is 1430. The molecule has 8 nitrogen and oxygen atoms in total. The smallest absolute Gasteiger partial charge is 0.250 e. The summed E-state index contributed by atoms with van der Waals surface area (Å²) in [6.07, 6.45) is 6.64. The minimum Gasteiger partial charge on any atom is -0.382 e. The zero-order chi connectivity index (χ0) is 32.6. The van der Waals surface area contributed by atoms with E-state index in [0.717, 1.165) is 24.1 Å². The van der Waals surface area contributed by atoms with Crippen molar-refractivity contribution in [1.29, 1.82) is 0 Å². The van der Waals surface area contributed by atoms with E-state index in [1.165, 1.54) is 18.2 Å². The fourth-order valence-electron chi connectivity index (χ4n) is 6.07.